The molecule has 0 radical (unpaired) electrons. The Kier molecular flexibility index (Phi) is 1.44. The molecule has 2 N–H and O–H groups in total. The van der Waals surface area contributed by atoms with Crippen molar-refractivity contribution < 1.29 is 0 Å². The van der Waals surface area contributed by atoms with Gasteiger partial charge in [0.05, 0.1) is 0 Å². The minimum absolute atomic E-state index is 0.340. The molecule has 0 fully saturated rings. The van der Waals surface area contributed by atoms with Crippen LogP contribution in [0, 0.1) is 0 Å². The van der Waals surface area contributed by atoms with Gasteiger partial charge in [-0.2, -0.15) is 4.99 Å². The van der Waals surface area contributed by atoms with Crippen molar-refractivity contribution >= 4 is 17.5 Å². The fourth-order valence-electron chi connectivity index (χ4n) is 0.535. The van der Waals surface area contributed by atoms with Gasteiger partial charge in [-0.05, 0) is 22.0 Å². The molecule has 0 saturated heterocycles. The Hall–Kier alpha value is -1.57. The van der Waals surface area contributed by atoms with Gasteiger partial charge in [-0.1, -0.05) is 5.10 Å². The van der Waals surface area contributed by atoms with Crippen LogP contribution in [-0.2, 0) is 0 Å². The van der Waals surface area contributed by atoms with Gasteiger partial charge >= 0.3 is 0 Å². The molecule has 0 aromatic carbocycles. The van der Waals surface area contributed by atoms with Gasteiger partial charge in [-0.15, -0.1) is 0 Å². The molecular formula is C3H3N7S. The van der Waals surface area contributed by atoms with Crippen LogP contribution in [0.4, 0.5) is 5.95 Å². The number of hydrogen-bond acceptors (Lipinski definition) is 6. The van der Waals surface area contributed by atoms with Crippen LogP contribution in [0.1, 0.15) is 0 Å². The van der Waals surface area contributed by atoms with Crippen molar-refractivity contribution in [3.8, 4) is 0 Å². The van der Waals surface area contributed by atoms with Gasteiger partial charge < -0.3 is 0 Å². The lowest BCUT2D eigenvalue weighted by molar-refractivity contribution is 0.881. The number of hydrogen-bond donors (Lipinski definition) is 2. The molecular weight excluding hydrogens is 166 g/mol. The average molecular weight is 169 g/mol. The zero-order valence-corrected chi connectivity index (χ0v) is 6.04. The number of rotatable bonds is 1. The van der Waals surface area contributed by atoms with Crippen molar-refractivity contribution in [1.82, 2.24) is 30.0 Å². The second kappa shape index (κ2) is 2.58. The first-order valence-corrected chi connectivity index (χ1v) is 3.60. The third-order valence-corrected chi connectivity index (χ3v) is 1.44. The lowest BCUT2D eigenvalue weighted by Crippen LogP contribution is -2.03. The average Bonchev–Trinajstić information content (AvgIpc) is 2.60. The molecule has 0 aliphatic carbocycles. The van der Waals surface area contributed by atoms with Crippen LogP contribution in [0.25, 0.3) is 0 Å². The summed E-state index contributed by atoms with van der Waals surface area (Å²) >= 11 is 1.35. The number of tetrazole rings is 1. The predicted octanol–water partition coefficient (Wildman–Crippen LogP) is -0.783. The van der Waals surface area contributed by atoms with Crippen molar-refractivity contribution in [3.05, 3.63) is 11.1 Å². The molecule has 0 aliphatic rings. The second-order valence-electron chi connectivity index (χ2n) is 1.61. The molecule has 0 bridgehead atoms. The second-order valence-corrected chi connectivity index (χ2v) is 2.27. The Morgan fingerprint density at radius 1 is 1.55 bits per heavy atom. The Labute approximate surface area is 64.4 Å². The molecule has 0 saturated carbocycles. The molecule has 0 atom stereocenters. The smallest absolute Gasteiger partial charge is 0.269 e. The highest BCUT2D eigenvalue weighted by Crippen LogP contribution is 1.92. The van der Waals surface area contributed by atoms with E-state index in [2.05, 4.69) is 35.0 Å². The number of nitrogens with one attached hydrogen (secondary N) is 2. The van der Waals surface area contributed by atoms with E-state index >= 15 is 0 Å². The summed E-state index contributed by atoms with van der Waals surface area (Å²) in [5.41, 5.74) is 2.14. The maximum Gasteiger partial charge on any atom is 0.269 e. The van der Waals surface area contributed by atoms with Gasteiger partial charge in [0.1, 0.15) is 5.51 Å². The third kappa shape index (κ3) is 1.29. The van der Waals surface area contributed by atoms with Gasteiger partial charge in [-0.25, -0.2) is 10.1 Å². The Balaban J connectivity index is 2.44. The van der Waals surface area contributed by atoms with Crippen LogP contribution in [0.5, 0.6) is 0 Å². The molecule has 2 aromatic rings. The summed E-state index contributed by atoms with van der Waals surface area (Å²) in [4.78, 5) is 7.79. The van der Waals surface area contributed by atoms with Crippen LogP contribution in [0.15, 0.2) is 10.5 Å². The van der Waals surface area contributed by atoms with Gasteiger partial charge in [0.15, 0.2) is 0 Å². The summed E-state index contributed by atoms with van der Waals surface area (Å²) in [7, 11) is 0. The lowest BCUT2D eigenvalue weighted by Gasteiger charge is -1.74. The first-order valence-electron chi connectivity index (χ1n) is 2.72. The third-order valence-electron chi connectivity index (χ3n) is 0.924. The summed E-state index contributed by atoms with van der Waals surface area (Å²) in [6.07, 6.45) is 0. The minimum atomic E-state index is 0.340. The van der Waals surface area contributed by atoms with Crippen molar-refractivity contribution in [2.75, 3.05) is 0 Å². The van der Waals surface area contributed by atoms with E-state index in [0.717, 1.165) is 0 Å². The monoisotopic (exact) mass is 169 g/mol. The summed E-state index contributed by atoms with van der Waals surface area (Å²) in [6.45, 7) is 0. The molecule has 2 heterocycles. The first-order chi connectivity index (χ1) is 5.45. The highest BCUT2D eigenvalue weighted by molar-refractivity contribution is 7.03. The number of H-pyrrole nitrogens is 2. The zero-order valence-electron chi connectivity index (χ0n) is 5.22. The summed E-state index contributed by atoms with van der Waals surface area (Å²) in [5.74, 6) is 0.340. The fraction of sp³-hybridized carbons (Fsp3) is 0. The predicted molar refractivity (Wildman–Crippen MR) is 35.9 cm³/mol. The van der Waals surface area contributed by atoms with Crippen molar-refractivity contribution in [1.29, 1.82) is 0 Å². The highest BCUT2D eigenvalue weighted by atomic mass is 32.1. The van der Waals surface area contributed by atoms with Crippen LogP contribution >= 0.6 is 11.5 Å². The van der Waals surface area contributed by atoms with E-state index in [4.69, 9.17) is 0 Å². The van der Waals surface area contributed by atoms with Crippen LogP contribution in [0.3, 0.4) is 0 Å². The normalized spacial score (nSPS) is 12.2. The van der Waals surface area contributed by atoms with Crippen molar-refractivity contribution in [2.45, 2.75) is 0 Å². The molecule has 7 nitrogen and oxygen atoms in total. The van der Waals surface area contributed by atoms with Crippen LogP contribution < -0.4 is 5.62 Å². The largest absolute Gasteiger partial charge is 0.278 e. The molecule has 11 heavy (non-hydrogen) atoms. The molecule has 2 aromatic heterocycles. The Morgan fingerprint density at radius 3 is 3.18 bits per heavy atom. The van der Waals surface area contributed by atoms with E-state index in [1.807, 2.05) is 0 Å². The van der Waals surface area contributed by atoms with E-state index in [9.17, 15) is 0 Å². The topological polar surface area (TPSA) is 95.5 Å². The molecule has 0 aliphatic heterocycles. The van der Waals surface area contributed by atoms with E-state index < -0.39 is 0 Å². The first kappa shape index (κ1) is 6.16. The van der Waals surface area contributed by atoms with Gasteiger partial charge in [0.25, 0.3) is 5.95 Å². The maximum atomic E-state index is 3.91. The van der Waals surface area contributed by atoms with Crippen LogP contribution in [0.2, 0.25) is 0 Å². The molecule has 8 heteroatoms. The van der Waals surface area contributed by atoms with Gasteiger partial charge in [0.2, 0.25) is 5.62 Å². The zero-order chi connectivity index (χ0) is 7.52. The van der Waals surface area contributed by atoms with Crippen LogP contribution in [-0.4, -0.2) is 30.0 Å². The quantitative estimate of drug-likeness (QED) is 0.585. The van der Waals surface area contributed by atoms with E-state index in [1.54, 1.807) is 5.51 Å². The van der Waals surface area contributed by atoms with E-state index in [1.165, 1.54) is 11.5 Å². The SMILES string of the molecule is c1nc(=Nc2nnn[nH]2)[nH]s1. The maximum absolute atomic E-state index is 3.91. The van der Waals surface area contributed by atoms with Gasteiger partial charge in [-0.3, -0.25) is 4.37 Å². The summed E-state index contributed by atoms with van der Waals surface area (Å²) in [5, 5.41) is 12.7. The van der Waals surface area contributed by atoms with E-state index in [-0.39, 0.29) is 0 Å². The summed E-state index contributed by atoms with van der Waals surface area (Å²) in [6, 6.07) is 0. The standard InChI is InChI=1S/C3H3N7S/c1-4-2(8-11-1)5-3-6-9-10-7-3/h1H,(H2,5,6,7,8,9,10). The van der Waals surface area contributed by atoms with Gasteiger partial charge in [0, 0.05) is 0 Å². The lowest BCUT2D eigenvalue weighted by atomic mass is 11.0. The molecule has 0 unspecified atom stereocenters. The molecule has 56 valence electrons. The molecule has 2 rings (SSSR count). The number of nitrogens with zero attached hydrogens (tertiary/aromatic N) is 5. The number of aromatic amines is 2. The Bertz CT molecular complexity index is 352. The highest BCUT2D eigenvalue weighted by Gasteiger charge is 1.90. The summed E-state index contributed by atoms with van der Waals surface area (Å²) < 4.78 is 2.82. The fourth-order valence-corrected chi connectivity index (χ4v) is 0.944. The minimum Gasteiger partial charge on any atom is -0.278 e. The molecule has 0 spiro atoms. The van der Waals surface area contributed by atoms with Crippen molar-refractivity contribution in [3.63, 3.8) is 0 Å². The Morgan fingerprint density at radius 2 is 2.55 bits per heavy atom. The van der Waals surface area contributed by atoms with E-state index in [0.29, 0.717) is 11.6 Å². The van der Waals surface area contributed by atoms with Crippen molar-refractivity contribution in [2.24, 2.45) is 4.99 Å². The number of aromatic nitrogens is 6. The molecule has 0 amide bonds.